The fourth-order valence-corrected chi connectivity index (χ4v) is 3.10. The van der Waals surface area contributed by atoms with E-state index in [1.807, 2.05) is 13.0 Å². The van der Waals surface area contributed by atoms with Gasteiger partial charge in [-0.15, -0.1) is 5.10 Å². The van der Waals surface area contributed by atoms with Crippen LogP contribution < -0.4 is 15.0 Å². The first kappa shape index (κ1) is 19.3. The quantitative estimate of drug-likeness (QED) is 0.460. The lowest BCUT2D eigenvalue weighted by atomic mass is 10.4. The summed E-state index contributed by atoms with van der Waals surface area (Å²) in [5.74, 6) is 2.10. The number of hydrogen-bond donors (Lipinski definition) is 1. The van der Waals surface area contributed by atoms with E-state index in [-0.39, 0.29) is 11.7 Å². The van der Waals surface area contributed by atoms with Gasteiger partial charge >= 0.3 is 0 Å². The standard InChI is InChI=1S/C15H22N8O3S/c1-11-17-12(23-4-7-25-8-5-23)9-14(18-11)26-6-3-16-13(24)10-27-15-19-20-21-22(15)2/h9H,3-8,10H2,1-2H3,(H,16,24). The summed E-state index contributed by atoms with van der Waals surface area (Å²) in [6.45, 7) is 5.50. The molecule has 27 heavy (non-hydrogen) atoms. The van der Waals surface area contributed by atoms with E-state index in [2.05, 4.69) is 35.7 Å². The summed E-state index contributed by atoms with van der Waals surface area (Å²) in [4.78, 5) is 22.8. The number of morpholine rings is 1. The van der Waals surface area contributed by atoms with Gasteiger partial charge in [0.15, 0.2) is 0 Å². The highest BCUT2D eigenvalue weighted by Gasteiger charge is 2.14. The van der Waals surface area contributed by atoms with Gasteiger partial charge < -0.3 is 19.7 Å². The first-order chi connectivity index (χ1) is 13.1. The Bertz CT molecular complexity index is 765. The number of nitrogens with zero attached hydrogens (tertiary/aromatic N) is 7. The number of tetrazole rings is 1. The van der Waals surface area contributed by atoms with Crippen molar-refractivity contribution < 1.29 is 14.3 Å². The average molecular weight is 394 g/mol. The van der Waals surface area contributed by atoms with Gasteiger partial charge in [0, 0.05) is 26.2 Å². The molecule has 1 N–H and O–H groups in total. The maximum absolute atomic E-state index is 11.9. The number of anilines is 1. The van der Waals surface area contributed by atoms with Crippen molar-refractivity contribution >= 4 is 23.5 Å². The maximum Gasteiger partial charge on any atom is 0.230 e. The summed E-state index contributed by atoms with van der Waals surface area (Å²) >= 11 is 1.27. The van der Waals surface area contributed by atoms with Crippen molar-refractivity contribution in [2.24, 2.45) is 7.05 Å². The van der Waals surface area contributed by atoms with Gasteiger partial charge in [0.2, 0.25) is 16.9 Å². The maximum atomic E-state index is 11.9. The van der Waals surface area contributed by atoms with Gasteiger partial charge in [-0.25, -0.2) is 9.67 Å². The Labute approximate surface area is 160 Å². The second-order valence-electron chi connectivity index (χ2n) is 5.78. The first-order valence-electron chi connectivity index (χ1n) is 8.55. The van der Waals surface area contributed by atoms with Crippen LogP contribution in [0.15, 0.2) is 11.2 Å². The molecule has 1 aliphatic rings. The van der Waals surface area contributed by atoms with Gasteiger partial charge in [0.05, 0.1) is 25.5 Å². The molecular weight excluding hydrogens is 372 g/mol. The van der Waals surface area contributed by atoms with Gasteiger partial charge in [0.1, 0.15) is 18.2 Å². The molecule has 11 nitrogen and oxygen atoms in total. The number of carbonyl (C=O) groups is 1. The third kappa shape index (κ3) is 5.76. The third-order valence-electron chi connectivity index (χ3n) is 3.72. The third-order valence-corrected chi connectivity index (χ3v) is 4.73. The Morgan fingerprint density at radius 2 is 2.19 bits per heavy atom. The Morgan fingerprint density at radius 3 is 2.93 bits per heavy atom. The molecule has 0 bridgehead atoms. The molecule has 0 aromatic carbocycles. The van der Waals surface area contributed by atoms with Crippen LogP contribution in [0.1, 0.15) is 5.82 Å². The zero-order chi connectivity index (χ0) is 19.1. The summed E-state index contributed by atoms with van der Waals surface area (Å²) in [6, 6.07) is 1.82. The molecule has 2 aromatic rings. The van der Waals surface area contributed by atoms with Gasteiger partial charge in [-0.2, -0.15) is 4.98 Å². The molecule has 12 heteroatoms. The summed E-state index contributed by atoms with van der Waals surface area (Å²) in [5, 5.41) is 14.4. The Balaban J connectivity index is 1.41. The lowest BCUT2D eigenvalue weighted by Gasteiger charge is -2.28. The van der Waals surface area contributed by atoms with Crippen LogP contribution >= 0.6 is 11.8 Å². The van der Waals surface area contributed by atoms with Crippen molar-refractivity contribution in [2.75, 3.05) is 50.1 Å². The largest absolute Gasteiger partial charge is 0.476 e. The van der Waals surface area contributed by atoms with Crippen LogP contribution in [0.5, 0.6) is 5.88 Å². The zero-order valence-electron chi connectivity index (χ0n) is 15.3. The monoisotopic (exact) mass is 394 g/mol. The van der Waals surface area contributed by atoms with Crippen LogP contribution in [-0.2, 0) is 16.6 Å². The Hall–Kier alpha value is -2.47. The highest BCUT2D eigenvalue weighted by atomic mass is 32.2. The summed E-state index contributed by atoms with van der Waals surface area (Å²) in [7, 11) is 1.73. The van der Waals surface area contributed by atoms with Gasteiger partial charge in [-0.1, -0.05) is 11.8 Å². The molecule has 0 atom stereocenters. The van der Waals surface area contributed by atoms with Gasteiger partial charge in [-0.05, 0) is 17.4 Å². The molecule has 1 aliphatic heterocycles. The zero-order valence-corrected chi connectivity index (χ0v) is 16.1. The lowest BCUT2D eigenvalue weighted by molar-refractivity contribution is -0.118. The minimum atomic E-state index is -0.112. The van der Waals surface area contributed by atoms with Crippen LogP contribution in [-0.4, -0.2) is 81.3 Å². The molecule has 146 valence electrons. The number of aryl methyl sites for hydroxylation is 2. The van der Waals surface area contributed by atoms with Crippen LogP contribution in [0, 0.1) is 6.92 Å². The summed E-state index contributed by atoms with van der Waals surface area (Å²) in [5.41, 5.74) is 0. The number of aromatic nitrogens is 6. The minimum absolute atomic E-state index is 0.112. The fraction of sp³-hybridized carbons (Fsp3) is 0.600. The number of nitrogens with one attached hydrogen (secondary N) is 1. The van der Waals surface area contributed by atoms with Gasteiger partial charge in [-0.3, -0.25) is 4.79 Å². The van der Waals surface area contributed by atoms with Crippen molar-refractivity contribution in [1.29, 1.82) is 0 Å². The molecule has 3 heterocycles. The van der Waals surface area contributed by atoms with Crippen molar-refractivity contribution in [2.45, 2.75) is 12.1 Å². The van der Waals surface area contributed by atoms with Crippen molar-refractivity contribution in [3.63, 3.8) is 0 Å². The second-order valence-corrected chi connectivity index (χ2v) is 6.73. The lowest BCUT2D eigenvalue weighted by Crippen LogP contribution is -2.37. The number of thioether (sulfide) groups is 1. The predicted octanol–water partition coefficient (Wildman–Crippen LogP) is -0.568. The van der Waals surface area contributed by atoms with E-state index in [4.69, 9.17) is 9.47 Å². The molecule has 0 radical (unpaired) electrons. The molecule has 1 amide bonds. The van der Waals surface area contributed by atoms with E-state index in [1.165, 1.54) is 16.4 Å². The summed E-state index contributed by atoms with van der Waals surface area (Å²) < 4.78 is 12.6. The summed E-state index contributed by atoms with van der Waals surface area (Å²) in [6.07, 6.45) is 0. The molecule has 1 saturated heterocycles. The molecule has 2 aromatic heterocycles. The Kier molecular flexibility index (Phi) is 6.76. The first-order valence-corrected chi connectivity index (χ1v) is 9.53. The molecule has 0 aliphatic carbocycles. The highest BCUT2D eigenvalue weighted by molar-refractivity contribution is 7.99. The van der Waals surface area contributed by atoms with E-state index in [9.17, 15) is 4.79 Å². The Morgan fingerprint density at radius 1 is 1.37 bits per heavy atom. The molecule has 0 saturated carbocycles. The van der Waals surface area contributed by atoms with E-state index >= 15 is 0 Å². The van der Waals surface area contributed by atoms with Crippen LogP contribution in [0.3, 0.4) is 0 Å². The smallest absolute Gasteiger partial charge is 0.230 e. The average Bonchev–Trinajstić information content (AvgIpc) is 3.09. The second kappa shape index (κ2) is 9.46. The fourth-order valence-electron chi connectivity index (χ4n) is 2.42. The van der Waals surface area contributed by atoms with Crippen molar-refractivity contribution in [1.82, 2.24) is 35.5 Å². The minimum Gasteiger partial charge on any atom is -0.476 e. The number of rotatable bonds is 8. The molecular formula is C15H22N8O3S. The number of ether oxygens (including phenoxy) is 2. The molecule has 0 unspecified atom stereocenters. The van der Waals surface area contributed by atoms with Crippen molar-refractivity contribution in [3.05, 3.63) is 11.9 Å². The number of hydrogen-bond acceptors (Lipinski definition) is 10. The van der Waals surface area contributed by atoms with Crippen molar-refractivity contribution in [3.8, 4) is 5.88 Å². The van der Waals surface area contributed by atoms with E-state index < -0.39 is 0 Å². The van der Waals surface area contributed by atoms with E-state index in [1.54, 1.807) is 7.05 Å². The van der Waals surface area contributed by atoms with E-state index in [0.717, 1.165) is 18.9 Å². The number of amides is 1. The highest BCUT2D eigenvalue weighted by Crippen LogP contribution is 2.18. The normalized spacial score (nSPS) is 14.2. The van der Waals surface area contributed by atoms with Crippen LogP contribution in [0.25, 0.3) is 0 Å². The van der Waals surface area contributed by atoms with E-state index in [0.29, 0.717) is 43.2 Å². The molecule has 3 rings (SSSR count). The topological polar surface area (TPSA) is 120 Å². The molecule has 1 fully saturated rings. The van der Waals surface area contributed by atoms with Crippen LogP contribution in [0.4, 0.5) is 5.82 Å². The SMILES string of the molecule is Cc1nc(OCCNC(=O)CSc2nnnn2C)cc(N2CCOCC2)n1. The van der Waals surface area contributed by atoms with Gasteiger partial charge in [0.25, 0.3) is 0 Å². The molecule has 0 spiro atoms. The number of carbonyl (C=O) groups excluding carboxylic acids is 1. The predicted molar refractivity (Wildman–Crippen MR) is 97.8 cm³/mol. The van der Waals surface area contributed by atoms with Crippen LogP contribution in [0.2, 0.25) is 0 Å².